The van der Waals surface area contributed by atoms with E-state index >= 15 is 0 Å². The van der Waals surface area contributed by atoms with Gasteiger partial charge in [0.05, 0.1) is 12.1 Å². The zero-order valence-electron chi connectivity index (χ0n) is 15.4. The van der Waals surface area contributed by atoms with Crippen LogP contribution in [0.3, 0.4) is 0 Å². The number of pyridine rings is 1. The third-order valence-corrected chi connectivity index (χ3v) is 4.10. The van der Waals surface area contributed by atoms with Gasteiger partial charge in [0.25, 0.3) is 5.89 Å². The molecule has 4 aromatic rings. The number of nitrogens with zero attached hydrogens (tertiary/aromatic N) is 5. The third kappa shape index (κ3) is 3.54. The van der Waals surface area contributed by atoms with E-state index in [4.69, 9.17) is 8.94 Å². The van der Waals surface area contributed by atoms with E-state index in [1.165, 1.54) is 6.08 Å². The number of hydrogen-bond acceptors (Lipinski definition) is 7. The van der Waals surface area contributed by atoms with Crippen LogP contribution in [0.4, 0.5) is 0 Å². The molecule has 28 heavy (non-hydrogen) atoms. The van der Waals surface area contributed by atoms with Gasteiger partial charge in [-0.05, 0) is 37.3 Å². The Kier molecular flexibility index (Phi) is 4.71. The van der Waals surface area contributed by atoms with Crippen molar-refractivity contribution in [1.82, 2.24) is 30.1 Å². The molecule has 1 N–H and O–H groups in total. The first-order valence-electron chi connectivity index (χ1n) is 8.82. The Morgan fingerprint density at radius 2 is 2.18 bits per heavy atom. The molecule has 0 saturated carbocycles. The van der Waals surface area contributed by atoms with Gasteiger partial charge in [-0.3, -0.25) is 9.20 Å². The Labute approximate surface area is 160 Å². The van der Waals surface area contributed by atoms with Crippen LogP contribution in [-0.4, -0.2) is 30.6 Å². The minimum Gasteiger partial charge on any atom is -0.462 e. The standard InChI is InChI=1S/C19H18N6O3/c1-3-15-21-19(28-24-15)14-5-4-10-25-16(22-23-18(14)25)11-20-17(26)9-8-13-7-6-12(2)27-13/h4-10H,3,11H2,1-2H3,(H,20,26). The summed E-state index contributed by atoms with van der Waals surface area (Å²) >= 11 is 0. The zero-order chi connectivity index (χ0) is 19.5. The third-order valence-electron chi connectivity index (χ3n) is 4.10. The number of aryl methyl sites for hydroxylation is 2. The van der Waals surface area contributed by atoms with E-state index in [1.807, 2.05) is 38.2 Å². The lowest BCUT2D eigenvalue weighted by Gasteiger charge is -2.02. The SMILES string of the molecule is CCc1noc(-c2cccn3c(CNC(=O)C=Cc4ccc(C)o4)nnc23)n1. The minimum atomic E-state index is -0.258. The summed E-state index contributed by atoms with van der Waals surface area (Å²) in [7, 11) is 0. The maximum atomic E-state index is 12.0. The first kappa shape index (κ1) is 17.7. The highest BCUT2D eigenvalue weighted by Gasteiger charge is 2.15. The monoisotopic (exact) mass is 378 g/mol. The maximum Gasteiger partial charge on any atom is 0.261 e. The number of furan rings is 1. The largest absolute Gasteiger partial charge is 0.462 e. The Morgan fingerprint density at radius 3 is 2.93 bits per heavy atom. The smallest absolute Gasteiger partial charge is 0.261 e. The summed E-state index contributed by atoms with van der Waals surface area (Å²) in [6, 6.07) is 7.32. The van der Waals surface area contributed by atoms with Gasteiger partial charge in [0, 0.05) is 18.7 Å². The number of amides is 1. The zero-order valence-corrected chi connectivity index (χ0v) is 15.4. The van der Waals surface area contributed by atoms with Crippen molar-refractivity contribution < 1.29 is 13.7 Å². The Bertz CT molecular complexity index is 1150. The van der Waals surface area contributed by atoms with Crippen molar-refractivity contribution in [2.24, 2.45) is 0 Å². The molecule has 0 bridgehead atoms. The fourth-order valence-corrected chi connectivity index (χ4v) is 2.68. The fourth-order valence-electron chi connectivity index (χ4n) is 2.68. The number of aromatic nitrogens is 5. The molecule has 0 saturated heterocycles. The quantitative estimate of drug-likeness (QED) is 0.513. The average molecular weight is 378 g/mol. The Balaban J connectivity index is 1.49. The Hall–Kier alpha value is -3.75. The lowest BCUT2D eigenvalue weighted by atomic mass is 10.2. The summed E-state index contributed by atoms with van der Waals surface area (Å²) in [5.41, 5.74) is 1.27. The molecular formula is C19H18N6O3. The van der Waals surface area contributed by atoms with Crippen LogP contribution in [0.1, 0.15) is 30.1 Å². The van der Waals surface area contributed by atoms with Crippen LogP contribution in [0.15, 0.2) is 45.5 Å². The molecule has 0 spiro atoms. The second-order valence-electron chi connectivity index (χ2n) is 6.10. The number of hydrogen-bond donors (Lipinski definition) is 1. The maximum absolute atomic E-state index is 12.0. The number of fused-ring (bicyclic) bond motifs is 1. The molecule has 0 atom stereocenters. The number of nitrogens with one attached hydrogen (secondary N) is 1. The van der Waals surface area contributed by atoms with Crippen molar-refractivity contribution in [1.29, 1.82) is 0 Å². The highest BCUT2D eigenvalue weighted by molar-refractivity contribution is 5.91. The van der Waals surface area contributed by atoms with Gasteiger partial charge < -0.3 is 14.3 Å². The molecule has 0 fully saturated rings. The van der Waals surface area contributed by atoms with Crippen molar-refractivity contribution in [3.63, 3.8) is 0 Å². The number of rotatable bonds is 6. The fraction of sp³-hybridized carbons (Fsp3) is 0.211. The molecule has 0 aliphatic rings. The molecular weight excluding hydrogens is 360 g/mol. The van der Waals surface area contributed by atoms with Crippen LogP contribution in [0.2, 0.25) is 0 Å². The predicted octanol–water partition coefficient (Wildman–Crippen LogP) is 2.57. The summed E-state index contributed by atoms with van der Waals surface area (Å²) in [6.45, 7) is 4.02. The van der Waals surface area contributed by atoms with Crippen LogP contribution >= 0.6 is 0 Å². The predicted molar refractivity (Wildman–Crippen MR) is 100.0 cm³/mol. The van der Waals surface area contributed by atoms with E-state index in [0.717, 1.165) is 5.76 Å². The van der Waals surface area contributed by atoms with Crippen LogP contribution < -0.4 is 5.32 Å². The molecule has 9 nitrogen and oxygen atoms in total. The molecule has 0 radical (unpaired) electrons. The summed E-state index contributed by atoms with van der Waals surface area (Å²) in [5.74, 6) is 2.76. The van der Waals surface area contributed by atoms with Crippen LogP contribution in [0.5, 0.6) is 0 Å². The van der Waals surface area contributed by atoms with Gasteiger partial charge >= 0.3 is 0 Å². The van der Waals surface area contributed by atoms with Crippen molar-refractivity contribution in [2.45, 2.75) is 26.8 Å². The van der Waals surface area contributed by atoms with Crippen molar-refractivity contribution in [2.75, 3.05) is 0 Å². The first-order chi connectivity index (χ1) is 13.6. The molecule has 0 aliphatic carbocycles. The number of carbonyl (C=O) groups excluding carboxylic acids is 1. The molecule has 4 heterocycles. The minimum absolute atomic E-state index is 0.217. The highest BCUT2D eigenvalue weighted by Crippen LogP contribution is 2.22. The van der Waals surface area contributed by atoms with E-state index in [9.17, 15) is 4.79 Å². The van der Waals surface area contributed by atoms with E-state index in [0.29, 0.717) is 40.9 Å². The first-order valence-corrected chi connectivity index (χ1v) is 8.82. The summed E-state index contributed by atoms with van der Waals surface area (Å²) in [6.07, 6.45) is 5.53. The van der Waals surface area contributed by atoms with Crippen molar-refractivity contribution in [3.8, 4) is 11.5 Å². The molecule has 0 aliphatic heterocycles. The molecule has 1 amide bonds. The van der Waals surface area contributed by atoms with Gasteiger partial charge in [0.1, 0.15) is 11.5 Å². The van der Waals surface area contributed by atoms with Gasteiger partial charge in [-0.15, -0.1) is 10.2 Å². The van der Waals surface area contributed by atoms with E-state index in [2.05, 4.69) is 25.7 Å². The lowest BCUT2D eigenvalue weighted by molar-refractivity contribution is -0.116. The van der Waals surface area contributed by atoms with Crippen LogP contribution in [0, 0.1) is 6.92 Å². The van der Waals surface area contributed by atoms with Gasteiger partial charge in [-0.25, -0.2) is 0 Å². The second-order valence-corrected chi connectivity index (χ2v) is 6.10. The van der Waals surface area contributed by atoms with E-state index < -0.39 is 0 Å². The number of carbonyl (C=O) groups is 1. The summed E-state index contributed by atoms with van der Waals surface area (Å²) in [4.78, 5) is 16.4. The van der Waals surface area contributed by atoms with Crippen LogP contribution in [0.25, 0.3) is 23.2 Å². The highest BCUT2D eigenvalue weighted by atomic mass is 16.5. The van der Waals surface area contributed by atoms with Gasteiger partial charge in [0.2, 0.25) is 5.91 Å². The van der Waals surface area contributed by atoms with E-state index in [1.54, 1.807) is 16.5 Å². The van der Waals surface area contributed by atoms with E-state index in [-0.39, 0.29) is 12.5 Å². The van der Waals surface area contributed by atoms with Gasteiger partial charge in [0.15, 0.2) is 17.3 Å². The van der Waals surface area contributed by atoms with Gasteiger partial charge in [-0.2, -0.15) is 4.98 Å². The normalized spacial score (nSPS) is 11.5. The van der Waals surface area contributed by atoms with Crippen LogP contribution in [-0.2, 0) is 17.8 Å². The van der Waals surface area contributed by atoms with Crippen molar-refractivity contribution >= 4 is 17.6 Å². The van der Waals surface area contributed by atoms with Gasteiger partial charge in [-0.1, -0.05) is 12.1 Å². The summed E-state index contributed by atoms with van der Waals surface area (Å²) < 4.78 is 12.5. The molecule has 9 heteroatoms. The Morgan fingerprint density at radius 1 is 1.29 bits per heavy atom. The summed E-state index contributed by atoms with van der Waals surface area (Å²) in [5, 5.41) is 15.1. The van der Waals surface area contributed by atoms with Crippen molar-refractivity contribution in [3.05, 3.63) is 59.7 Å². The molecule has 0 unspecified atom stereocenters. The molecule has 4 aromatic heterocycles. The molecule has 0 aromatic carbocycles. The average Bonchev–Trinajstić information content (AvgIpc) is 3.44. The topological polar surface area (TPSA) is 111 Å². The molecule has 4 rings (SSSR count). The lowest BCUT2D eigenvalue weighted by Crippen LogP contribution is -2.21. The second kappa shape index (κ2) is 7.47. The molecule has 142 valence electrons.